The number of nitriles is 1. The Hall–Kier alpha value is -4.07. The third-order valence-corrected chi connectivity index (χ3v) is 9.67. The number of fused-ring (bicyclic) bond motifs is 3. The van der Waals surface area contributed by atoms with Crippen LogP contribution in [0.4, 0.5) is 4.39 Å². The standard InChI is InChI=1S/C33H35ClFN7O2/c1-5-26(43)41-15-12-22(17-21(41)11-13-36)42-32-25-16-20(3)27(24-10-6-8-19(2)28(24)34)29(35)30(25)37-33(31(32)38-39-42)44-18-23-9-7-14-40(23)4/h5-6,8,10,16,21-23H,1,7,9,11-12,14-15,17-18H2,2-4H3/t21-,22+,23+/m1/s1. The molecule has 0 unspecified atom stereocenters. The van der Waals surface area contributed by atoms with Crippen molar-refractivity contribution in [2.75, 3.05) is 26.7 Å². The van der Waals surface area contributed by atoms with E-state index in [2.05, 4.69) is 34.9 Å². The fourth-order valence-electron chi connectivity index (χ4n) is 6.75. The van der Waals surface area contributed by atoms with Crippen LogP contribution in [0.15, 0.2) is 36.9 Å². The highest BCUT2D eigenvalue weighted by atomic mass is 35.5. The molecule has 4 heterocycles. The van der Waals surface area contributed by atoms with Gasteiger partial charge in [0.15, 0.2) is 11.3 Å². The van der Waals surface area contributed by atoms with E-state index in [0.29, 0.717) is 64.1 Å². The van der Waals surface area contributed by atoms with Crippen LogP contribution in [0.5, 0.6) is 5.88 Å². The quantitative estimate of drug-likeness (QED) is 0.230. The van der Waals surface area contributed by atoms with Crippen molar-refractivity contribution < 1.29 is 13.9 Å². The second kappa shape index (κ2) is 12.1. The Labute approximate surface area is 260 Å². The van der Waals surface area contributed by atoms with Crippen LogP contribution in [0.3, 0.4) is 0 Å². The Morgan fingerprint density at radius 3 is 2.77 bits per heavy atom. The molecule has 0 bridgehead atoms. The van der Waals surface area contributed by atoms with Crippen LogP contribution in [0.25, 0.3) is 33.1 Å². The van der Waals surface area contributed by atoms with Crippen molar-refractivity contribution in [3.05, 3.63) is 58.9 Å². The maximum absolute atomic E-state index is 16.7. The molecule has 2 fully saturated rings. The Morgan fingerprint density at radius 2 is 2.05 bits per heavy atom. The molecular weight excluding hydrogens is 581 g/mol. The van der Waals surface area contributed by atoms with Gasteiger partial charge in [-0.05, 0) is 76.4 Å². The van der Waals surface area contributed by atoms with Crippen molar-refractivity contribution in [1.29, 1.82) is 5.26 Å². The molecule has 0 radical (unpaired) electrons. The lowest BCUT2D eigenvalue weighted by Gasteiger charge is -2.38. The highest BCUT2D eigenvalue weighted by Crippen LogP contribution is 2.41. The molecule has 2 aliphatic rings. The molecular formula is C33H35ClFN7O2. The number of pyridine rings is 1. The first-order valence-electron chi connectivity index (χ1n) is 15.0. The minimum atomic E-state index is -0.487. The van der Waals surface area contributed by atoms with Crippen LogP contribution in [0.1, 0.15) is 49.3 Å². The molecule has 2 saturated heterocycles. The predicted octanol–water partition coefficient (Wildman–Crippen LogP) is 6.16. The number of likely N-dealkylation sites (tertiary alicyclic amines) is 2. The number of likely N-dealkylation sites (N-methyl/N-ethyl adjacent to an activating group) is 1. The number of aryl methyl sites for hydroxylation is 2. The smallest absolute Gasteiger partial charge is 0.246 e. The number of hydrogen-bond acceptors (Lipinski definition) is 7. The topological polar surface area (TPSA) is 100 Å². The number of benzene rings is 2. The van der Waals surface area contributed by atoms with Crippen molar-refractivity contribution >= 4 is 39.4 Å². The molecule has 0 N–H and O–H groups in total. The first-order chi connectivity index (χ1) is 21.2. The average Bonchev–Trinajstić information content (AvgIpc) is 3.65. The molecule has 228 valence electrons. The van der Waals surface area contributed by atoms with Gasteiger partial charge in [-0.1, -0.05) is 41.6 Å². The molecule has 4 aromatic rings. The van der Waals surface area contributed by atoms with Crippen molar-refractivity contribution in [2.45, 2.75) is 64.1 Å². The fraction of sp³-hybridized carbons (Fsp3) is 0.424. The largest absolute Gasteiger partial charge is 0.474 e. The minimum absolute atomic E-state index is 0.154. The molecule has 11 heteroatoms. The molecule has 9 nitrogen and oxygen atoms in total. The summed E-state index contributed by atoms with van der Waals surface area (Å²) in [5.74, 6) is -0.455. The zero-order valence-corrected chi connectivity index (χ0v) is 25.9. The first-order valence-corrected chi connectivity index (χ1v) is 15.4. The van der Waals surface area contributed by atoms with E-state index in [1.165, 1.54) is 6.08 Å². The zero-order chi connectivity index (χ0) is 31.1. The van der Waals surface area contributed by atoms with Crippen LogP contribution < -0.4 is 4.74 Å². The van der Waals surface area contributed by atoms with Gasteiger partial charge in [-0.3, -0.25) is 4.79 Å². The predicted molar refractivity (Wildman–Crippen MR) is 168 cm³/mol. The molecule has 2 aromatic heterocycles. The number of ether oxygens (including phenoxy) is 1. The van der Waals surface area contributed by atoms with Gasteiger partial charge in [-0.25, -0.2) is 14.1 Å². The summed E-state index contributed by atoms with van der Waals surface area (Å²) in [5.41, 5.74) is 3.79. The maximum atomic E-state index is 16.7. The van der Waals surface area contributed by atoms with E-state index in [-0.39, 0.29) is 41.9 Å². The molecule has 6 rings (SSSR count). The number of amides is 1. The van der Waals surface area contributed by atoms with Crippen LogP contribution in [0.2, 0.25) is 5.02 Å². The number of nitrogens with zero attached hydrogens (tertiary/aromatic N) is 7. The summed E-state index contributed by atoms with van der Waals surface area (Å²) in [4.78, 5) is 21.2. The van der Waals surface area contributed by atoms with Gasteiger partial charge in [-0.15, -0.1) is 5.10 Å². The molecule has 0 aliphatic carbocycles. The minimum Gasteiger partial charge on any atom is -0.474 e. The molecule has 2 aromatic carbocycles. The number of rotatable bonds is 7. The van der Waals surface area contributed by atoms with E-state index in [1.807, 2.05) is 42.8 Å². The van der Waals surface area contributed by atoms with E-state index >= 15 is 4.39 Å². The fourth-order valence-corrected chi connectivity index (χ4v) is 6.97. The molecule has 0 spiro atoms. The SMILES string of the molecule is C=CC(=O)N1CC[C@H](n2nnc3c(OC[C@@H]4CCCN4C)nc4c(F)c(-c5cccc(C)c5Cl)c(C)cc4c32)C[C@H]1CC#N. The van der Waals surface area contributed by atoms with E-state index < -0.39 is 5.82 Å². The van der Waals surface area contributed by atoms with Crippen molar-refractivity contribution in [3.8, 4) is 23.1 Å². The Kier molecular flexibility index (Phi) is 8.27. The van der Waals surface area contributed by atoms with Crippen LogP contribution in [-0.2, 0) is 4.79 Å². The molecule has 1 amide bonds. The molecule has 44 heavy (non-hydrogen) atoms. The van der Waals surface area contributed by atoms with Crippen LogP contribution >= 0.6 is 11.6 Å². The van der Waals surface area contributed by atoms with Gasteiger partial charge in [0.05, 0.1) is 23.6 Å². The Balaban J connectivity index is 1.52. The number of halogens is 2. The van der Waals surface area contributed by atoms with E-state index in [9.17, 15) is 10.1 Å². The Morgan fingerprint density at radius 1 is 1.23 bits per heavy atom. The lowest BCUT2D eigenvalue weighted by molar-refractivity contribution is -0.130. The van der Waals surface area contributed by atoms with Gasteiger partial charge < -0.3 is 14.5 Å². The van der Waals surface area contributed by atoms with Gasteiger partial charge in [0.2, 0.25) is 11.8 Å². The van der Waals surface area contributed by atoms with Crippen molar-refractivity contribution in [3.63, 3.8) is 0 Å². The van der Waals surface area contributed by atoms with Gasteiger partial charge >= 0.3 is 0 Å². The lowest BCUT2D eigenvalue weighted by atomic mass is 9.94. The third-order valence-electron chi connectivity index (χ3n) is 9.17. The molecule has 3 atom stereocenters. The van der Waals surface area contributed by atoms with Gasteiger partial charge in [0.25, 0.3) is 0 Å². The summed E-state index contributed by atoms with van der Waals surface area (Å²) in [6.07, 6.45) is 4.65. The third kappa shape index (κ3) is 5.18. The van der Waals surface area contributed by atoms with E-state index in [0.717, 1.165) is 24.9 Å². The van der Waals surface area contributed by atoms with Gasteiger partial charge in [0.1, 0.15) is 17.6 Å². The number of aromatic nitrogens is 4. The van der Waals surface area contributed by atoms with Crippen molar-refractivity contribution in [2.24, 2.45) is 0 Å². The summed E-state index contributed by atoms with van der Waals surface area (Å²) < 4.78 is 24.9. The monoisotopic (exact) mass is 615 g/mol. The summed E-state index contributed by atoms with van der Waals surface area (Å²) in [7, 11) is 2.07. The summed E-state index contributed by atoms with van der Waals surface area (Å²) in [6.45, 7) is 9.21. The number of hydrogen-bond donors (Lipinski definition) is 0. The zero-order valence-electron chi connectivity index (χ0n) is 25.2. The summed E-state index contributed by atoms with van der Waals surface area (Å²) in [5, 5.41) is 19.7. The number of piperidine rings is 1. The summed E-state index contributed by atoms with van der Waals surface area (Å²) in [6, 6.07) is 9.44. The van der Waals surface area contributed by atoms with Crippen LogP contribution in [-0.4, -0.2) is 74.5 Å². The lowest BCUT2D eigenvalue weighted by Crippen LogP contribution is -2.45. The van der Waals surface area contributed by atoms with E-state index in [1.54, 1.807) is 4.90 Å². The Bertz CT molecular complexity index is 1820. The number of carbonyl (C=O) groups excluding carboxylic acids is 1. The normalized spacial score (nSPS) is 20.7. The number of carbonyl (C=O) groups is 1. The van der Waals surface area contributed by atoms with Crippen LogP contribution in [0, 0.1) is 31.0 Å². The first kappa shape index (κ1) is 30.0. The molecule has 0 saturated carbocycles. The maximum Gasteiger partial charge on any atom is 0.246 e. The second-order valence-electron chi connectivity index (χ2n) is 11.9. The van der Waals surface area contributed by atoms with Gasteiger partial charge in [-0.2, -0.15) is 5.26 Å². The summed E-state index contributed by atoms with van der Waals surface area (Å²) >= 11 is 6.68. The average molecular weight is 616 g/mol. The molecule has 2 aliphatic heterocycles. The van der Waals surface area contributed by atoms with Crippen molar-refractivity contribution in [1.82, 2.24) is 29.8 Å². The second-order valence-corrected chi connectivity index (χ2v) is 12.3. The highest BCUT2D eigenvalue weighted by molar-refractivity contribution is 6.34. The van der Waals surface area contributed by atoms with E-state index in [4.69, 9.17) is 21.3 Å². The van der Waals surface area contributed by atoms with Gasteiger partial charge in [0, 0.05) is 35.1 Å². The highest BCUT2D eigenvalue weighted by Gasteiger charge is 2.34.